The molecule has 304 valence electrons. The molecule has 2 bridgehead atoms. The van der Waals surface area contributed by atoms with Crippen LogP contribution < -0.4 is 20.3 Å². The normalized spacial score (nSPS) is 26.7. The van der Waals surface area contributed by atoms with Crippen LogP contribution in [0.3, 0.4) is 0 Å². The molecule has 7 rings (SSSR count). The Morgan fingerprint density at radius 3 is 2.43 bits per heavy atom. The van der Waals surface area contributed by atoms with Crippen LogP contribution in [-0.4, -0.2) is 99.0 Å². The SMILES string of the molecule is COC[C@H](Cc1ccccc1)NC(=O)c1cc(-c2cccc(CN3O[C@@H](CO)[C@@H]([C@H](C)O)[C@H]3C(=O)N[C@H]3C4CC[C@@H]([C@@H]3C)C(C)(C)C4)c2OC)cc(N(C)C)c1. The molecule has 1 aliphatic heterocycles. The van der Waals surface area contributed by atoms with E-state index in [0.717, 1.165) is 40.8 Å². The number of nitrogens with zero attached hydrogens (tertiary/aromatic N) is 2. The van der Waals surface area contributed by atoms with Gasteiger partial charge in [-0.15, -0.1) is 0 Å². The number of aliphatic hydroxyl groups is 2. The fourth-order valence-corrected chi connectivity index (χ4v) is 10.1. The number of hydrogen-bond acceptors (Lipinski definition) is 9. The molecule has 2 amide bonds. The molecule has 0 aromatic heterocycles. The number of fused-ring (bicyclic) bond motifs is 3. The minimum Gasteiger partial charge on any atom is -0.496 e. The van der Waals surface area contributed by atoms with Crippen molar-refractivity contribution < 1.29 is 34.1 Å². The third-order valence-corrected chi connectivity index (χ3v) is 12.7. The first-order valence-electron chi connectivity index (χ1n) is 20.1. The molecule has 3 saturated carbocycles. The van der Waals surface area contributed by atoms with Gasteiger partial charge in [0, 0.05) is 55.5 Å². The predicted molar refractivity (Wildman–Crippen MR) is 218 cm³/mol. The average molecular weight is 771 g/mol. The first-order chi connectivity index (χ1) is 26.8. The molecule has 1 heterocycles. The Kier molecular flexibility index (Phi) is 13.1. The van der Waals surface area contributed by atoms with E-state index in [9.17, 15) is 19.8 Å². The molecule has 3 aromatic carbocycles. The number of nitrogens with one attached hydrogen (secondary N) is 2. The Labute approximate surface area is 332 Å². The van der Waals surface area contributed by atoms with Crippen LogP contribution in [0.2, 0.25) is 0 Å². The lowest BCUT2D eigenvalue weighted by molar-refractivity contribution is -0.183. The lowest BCUT2D eigenvalue weighted by Gasteiger charge is -2.56. The van der Waals surface area contributed by atoms with Gasteiger partial charge in [-0.05, 0) is 85.1 Å². The topological polar surface area (TPSA) is 133 Å². The number of aliphatic hydroxyl groups excluding tert-OH is 2. The predicted octanol–water partition coefficient (Wildman–Crippen LogP) is 5.47. The molecular weight excluding hydrogens is 709 g/mol. The molecule has 1 saturated heterocycles. The van der Waals surface area contributed by atoms with E-state index in [1.54, 1.807) is 26.2 Å². The number of methoxy groups -OCH3 is 2. The third-order valence-electron chi connectivity index (χ3n) is 12.7. The third kappa shape index (κ3) is 8.77. The van der Waals surface area contributed by atoms with Crippen molar-refractivity contribution in [2.75, 3.05) is 46.4 Å². The molecule has 0 radical (unpaired) electrons. The summed E-state index contributed by atoms with van der Waals surface area (Å²) >= 11 is 0. The number of hydrogen-bond donors (Lipinski definition) is 4. The van der Waals surface area contributed by atoms with Crippen molar-refractivity contribution in [1.82, 2.24) is 15.7 Å². The maximum atomic E-state index is 14.4. The van der Waals surface area contributed by atoms with Crippen molar-refractivity contribution in [3.63, 3.8) is 0 Å². The summed E-state index contributed by atoms with van der Waals surface area (Å²) in [6.45, 7) is 8.78. The van der Waals surface area contributed by atoms with Gasteiger partial charge in [-0.3, -0.25) is 14.4 Å². The molecule has 9 atom stereocenters. The molecule has 4 fully saturated rings. The maximum Gasteiger partial charge on any atom is 0.251 e. The second-order valence-electron chi connectivity index (χ2n) is 17.2. The van der Waals surface area contributed by atoms with Gasteiger partial charge in [0.1, 0.15) is 17.9 Å². The van der Waals surface area contributed by atoms with Crippen molar-refractivity contribution in [3.05, 3.63) is 83.4 Å². The monoisotopic (exact) mass is 770 g/mol. The van der Waals surface area contributed by atoms with E-state index < -0.39 is 24.2 Å². The van der Waals surface area contributed by atoms with Crippen LogP contribution in [0.15, 0.2) is 66.7 Å². The quantitative estimate of drug-likeness (QED) is 0.159. The highest BCUT2D eigenvalue weighted by Gasteiger charge is 2.54. The van der Waals surface area contributed by atoms with Crippen LogP contribution >= 0.6 is 0 Å². The standard InChI is InChI=1S/C45H62N4O7/c1-27-37-18-17-30(23-45(37,3)4)40(27)47-44(53)41-39(28(2)51)38(25-50)56-49(41)24-31-15-12-16-36(42(31)55-8)32-20-33(22-35(21-32)48(5)6)43(52)46-34(26-54-7)19-29-13-10-9-11-14-29/h9-16,20-22,27-28,30,34,37-41,50-51H,17-19,23-26H2,1-8H3,(H,46,52)(H,47,53)/t27-,28-,30?,34-,37-,38-,39+,40+,41-/m0/s1. The van der Waals surface area contributed by atoms with Crippen molar-refractivity contribution in [2.45, 2.75) is 90.3 Å². The number of ether oxygens (including phenoxy) is 2. The number of carbonyl (C=O) groups is 2. The van der Waals surface area contributed by atoms with E-state index in [1.165, 1.54) is 6.42 Å². The van der Waals surface area contributed by atoms with Gasteiger partial charge in [0.25, 0.3) is 5.91 Å². The number of hydroxylamine groups is 2. The molecule has 4 aliphatic rings. The lowest BCUT2D eigenvalue weighted by atomic mass is 9.52. The van der Waals surface area contributed by atoms with E-state index in [4.69, 9.17) is 14.3 Å². The van der Waals surface area contributed by atoms with Gasteiger partial charge in [-0.25, -0.2) is 0 Å². The zero-order valence-corrected chi connectivity index (χ0v) is 34.3. The van der Waals surface area contributed by atoms with Crippen molar-refractivity contribution in [2.24, 2.45) is 29.1 Å². The van der Waals surface area contributed by atoms with Crippen LogP contribution in [0.25, 0.3) is 11.1 Å². The number of rotatable bonds is 15. The highest BCUT2D eigenvalue weighted by atomic mass is 16.7. The highest BCUT2D eigenvalue weighted by Crippen LogP contribution is 2.55. The van der Waals surface area contributed by atoms with Crippen LogP contribution in [0.5, 0.6) is 5.75 Å². The van der Waals surface area contributed by atoms with Gasteiger partial charge < -0.3 is 35.2 Å². The van der Waals surface area contributed by atoms with E-state index in [-0.39, 0.29) is 42.5 Å². The Balaban J connectivity index is 1.29. The van der Waals surface area contributed by atoms with E-state index >= 15 is 0 Å². The maximum absolute atomic E-state index is 14.4. The first kappa shape index (κ1) is 41.6. The second-order valence-corrected chi connectivity index (χ2v) is 17.2. The van der Waals surface area contributed by atoms with Gasteiger partial charge >= 0.3 is 0 Å². The molecule has 1 unspecified atom stereocenters. The molecule has 11 nitrogen and oxygen atoms in total. The highest BCUT2D eigenvalue weighted by molar-refractivity contribution is 5.97. The minimum absolute atomic E-state index is 0.0373. The summed E-state index contributed by atoms with van der Waals surface area (Å²) < 4.78 is 11.6. The van der Waals surface area contributed by atoms with Gasteiger partial charge in [0.05, 0.1) is 39.0 Å². The number of anilines is 1. The molecule has 3 aliphatic carbocycles. The fourth-order valence-electron chi connectivity index (χ4n) is 10.1. The molecule has 56 heavy (non-hydrogen) atoms. The number of carbonyl (C=O) groups excluding carboxylic acids is 2. The number of benzene rings is 3. The zero-order valence-electron chi connectivity index (χ0n) is 34.3. The Hall–Kier alpha value is -4.00. The van der Waals surface area contributed by atoms with Crippen LogP contribution in [0.4, 0.5) is 5.69 Å². The number of amides is 2. The van der Waals surface area contributed by atoms with Crippen molar-refractivity contribution >= 4 is 17.5 Å². The Bertz CT molecular complexity index is 1820. The molecule has 0 spiro atoms. The van der Waals surface area contributed by atoms with Crippen LogP contribution in [0, 0.1) is 29.1 Å². The fraction of sp³-hybridized carbons (Fsp3) is 0.556. The van der Waals surface area contributed by atoms with Gasteiger partial charge in [-0.1, -0.05) is 69.3 Å². The Morgan fingerprint density at radius 1 is 1.05 bits per heavy atom. The van der Waals surface area contributed by atoms with Gasteiger partial charge in [0.2, 0.25) is 5.91 Å². The molecule has 3 aromatic rings. The molecule has 11 heteroatoms. The van der Waals surface area contributed by atoms with Gasteiger partial charge in [-0.2, -0.15) is 5.06 Å². The summed E-state index contributed by atoms with van der Waals surface area (Å²) in [4.78, 5) is 36.6. The summed E-state index contributed by atoms with van der Waals surface area (Å²) in [5.74, 6) is 0.746. The average Bonchev–Trinajstić information content (AvgIpc) is 3.54. The van der Waals surface area contributed by atoms with E-state index in [1.807, 2.05) is 85.7 Å². The molecular formula is C45H62N4O7. The summed E-state index contributed by atoms with van der Waals surface area (Å²) in [5.41, 5.74) is 4.97. The summed E-state index contributed by atoms with van der Waals surface area (Å²) in [7, 11) is 7.11. The number of para-hydroxylation sites is 1. The van der Waals surface area contributed by atoms with E-state index in [0.29, 0.717) is 42.1 Å². The van der Waals surface area contributed by atoms with Gasteiger partial charge in [0.15, 0.2) is 0 Å². The first-order valence-corrected chi connectivity index (χ1v) is 20.1. The second kappa shape index (κ2) is 17.6. The Morgan fingerprint density at radius 2 is 1.80 bits per heavy atom. The summed E-state index contributed by atoms with van der Waals surface area (Å²) in [5, 5.41) is 29.6. The minimum atomic E-state index is -0.908. The van der Waals surface area contributed by atoms with Crippen LogP contribution in [0.1, 0.15) is 68.4 Å². The van der Waals surface area contributed by atoms with Crippen molar-refractivity contribution in [3.8, 4) is 16.9 Å². The summed E-state index contributed by atoms with van der Waals surface area (Å²) in [6, 6.07) is 20.5. The zero-order chi connectivity index (χ0) is 40.3. The van der Waals surface area contributed by atoms with Crippen LogP contribution in [-0.2, 0) is 27.3 Å². The largest absolute Gasteiger partial charge is 0.496 e. The van der Waals surface area contributed by atoms with Crippen molar-refractivity contribution in [1.29, 1.82) is 0 Å². The van der Waals surface area contributed by atoms with E-state index in [2.05, 4.69) is 31.4 Å². The summed E-state index contributed by atoms with van der Waals surface area (Å²) in [6.07, 6.45) is 2.29. The smallest absolute Gasteiger partial charge is 0.251 e. The lowest BCUT2D eigenvalue weighted by Crippen LogP contribution is -2.60. The molecule has 4 N–H and O–H groups in total.